The number of benzene rings is 1. The van der Waals surface area contributed by atoms with Crippen LogP contribution in [-0.2, 0) is 17.6 Å². The monoisotopic (exact) mass is 331 g/mol. The zero-order valence-corrected chi connectivity index (χ0v) is 14.6. The van der Waals surface area contributed by atoms with E-state index < -0.39 is 0 Å². The summed E-state index contributed by atoms with van der Waals surface area (Å²) in [6.07, 6.45) is 4.68. The van der Waals surface area contributed by atoms with E-state index >= 15 is 0 Å². The van der Waals surface area contributed by atoms with E-state index in [0.717, 1.165) is 45.3 Å². The minimum Gasteiger partial charge on any atom is -0.361 e. The number of nitrogens with one attached hydrogen (secondary N) is 1. The normalized spacial score (nSPS) is 17.4. The maximum Gasteiger partial charge on any atom is 0.241 e. The summed E-state index contributed by atoms with van der Waals surface area (Å²) in [5.74, 6) is 0.639. The zero-order valence-electron chi connectivity index (χ0n) is 13.8. The van der Waals surface area contributed by atoms with Crippen LogP contribution in [0.2, 0.25) is 0 Å². The lowest BCUT2D eigenvalue weighted by Gasteiger charge is -2.31. The van der Waals surface area contributed by atoms with Crippen LogP contribution in [0.1, 0.15) is 37.3 Å². The van der Waals surface area contributed by atoms with Gasteiger partial charge >= 0.3 is 0 Å². The Bertz CT molecular complexity index is 564. The van der Waals surface area contributed by atoms with Crippen molar-refractivity contribution in [1.82, 2.24) is 15.3 Å². The fraction of sp³-hybridized carbons (Fsp3) is 0.556. The Kier molecular flexibility index (Phi) is 5.16. The van der Waals surface area contributed by atoms with E-state index in [9.17, 15) is 4.79 Å². The van der Waals surface area contributed by atoms with Crippen molar-refractivity contribution in [3.8, 4) is 0 Å². The second-order valence-electron chi connectivity index (χ2n) is 6.47. The highest BCUT2D eigenvalue weighted by Crippen LogP contribution is 2.29. The summed E-state index contributed by atoms with van der Waals surface area (Å²) in [4.78, 5) is 12.7. The van der Waals surface area contributed by atoms with E-state index in [2.05, 4.69) is 36.5 Å². The second-order valence-corrected chi connectivity index (χ2v) is 6.86. The summed E-state index contributed by atoms with van der Waals surface area (Å²) >= 11 is 5.44. The van der Waals surface area contributed by atoms with E-state index in [4.69, 9.17) is 12.2 Å². The lowest BCUT2D eigenvalue weighted by atomic mass is 10.0. The van der Waals surface area contributed by atoms with Crippen LogP contribution in [0.4, 0.5) is 0 Å². The van der Waals surface area contributed by atoms with Crippen LogP contribution in [0, 0.1) is 5.92 Å². The van der Waals surface area contributed by atoms with Crippen molar-refractivity contribution in [2.75, 3.05) is 19.6 Å². The molecular weight excluding hydrogens is 306 g/mol. The Morgan fingerprint density at radius 3 is 2.52 bits per heavy atom. The molecule has 1 fully saturated rings. The van der Waals surface area contributed by atoms with E-state index in [1.165, 1.54) is 11.1 Å². The third-order valence-electron chi connectivity index (χ3n) is 4.68. The third-order valence-corrected chi connectivity index (χ3v) is 5.03. The van der Waals surface area contributed by atoms with Crippen LogP contribution in [0.15, 0.2) is 24.3 Å². The molecule has 0 saturated carbocycles. The average Bonchev–Trinajstić information content (AvgIpc) is 3.18. The molecule has 1 amide bonds. The van der Waals surface area contributed by atoms with Gasteiger partial charge in [0.1, 0.15) is 0 Å². The topological polar surface area (TPSA) is 35.6 Å². The van der Waals surface area contributed by atoms with Crippen molar-refractivity contribution in [1.29, 1.82) is 0 Å². The quantitative estimate of drug-likeness (QED) is 0.860. The number of carbonyl (C=O) groups excluding carboxylic acids is 1. The summed E-state index contributed by atoms with van der Waals surface area (Å²) in [6, 6.07) is 8.55. The second kappa shape index (κ2) is 7.30. The molecule has 3 rings (SSSR count). The number of hydrogen-bond donors (Lipinski definition) is 1. The Labute approximate surface area is 143 Å². The molecule has 0 atom stereocenters. The molecule has 0 aromatic heterocycles. The molecule has 1 N–H and O–H groups in total. The van der Waals surface area contributed by atoms with Gasteiger partial charge in [-0.1, -0.05) is 31.2 Å². The number of hydrogen-bond acceptors (Lipinski definition) is 2. The van der Waals surface area contributed by atoms with Gasteiger partial charge in [0, 0.05) is 26.1 Å². The van der Waals surface area contributed by atoms with E-state index in [1.54, 1.807) is 0 Å². The third kappa shape index (κ3) is 3.66. The molecule has 0 bridgehead atoms. The SMILES string of the molecule is CCCNC(=S)N1CCCN1C(=O)CC1Cc2ccccc2C1. The molecule has 1 aliphatic heterocycles. The van der Waals surface area contributed by atoms with Gasteiger partial charge in [-0.25, -0.2) is 0 Å². The number of thiocarbonyl (C=S) groups is 1. The smallest absolute Gasteiger partial charge is 0.241 e. The highest BCUT2D eigenvalue weighted by atomic mass is 32.1. The maximum absolute atomic E-state index is 12.7. The summed E-state index contributed by atoms with van der Waals surface area (Å²) < 4.78 is 0. The number of rotatable bonds is 4. The average molecular weight is 331 g/mol. The summed E-state index contributed by atoms with van der Waals surface area (Å²) in [7, 11) is 0. The molecule has 1 saturated heterocycles. The van der Waals surface area contributed by atoms with Gasteiger partial charge in [0.15, 0.2) is 5.11 Å². The first-order valence-corrected chi connectivity index (χ1v) is 9.02. The molecule has 1 aliphatic carbocycles. The number of nitrogens with zero attached hydrogens (tertiary/aromatic N) is 2. The van der Waals surface area contributed by atoms with E-state index in [0.29, 0.717) is 17.5 Å². The molecule has 124 valence electrons. The van der Waals surface area contributed by atoms with Crippen LogP contribution in [-0.4, -0.2) is 40.7 Å². The van der Waals surface area contributed by atoms with Gasteiger partial charge in [0.25, 0.3) is 0 Å². The Hall–Kier alpha value is -1.62. The standard InChI is InChI=1S/C18H25N3OS/c1-2-8-19-18(23)21-10-5-9-20(21)17(22)13-14-11-15-6-3-4-7-16(15)12-14/h3-4,6-7,14H,2,5,8-13H2,1H3,(H,19,23). The summed E-state index contributed by atoms with van der Waals surface area (Å²) in [5.41, 5.74) is 2.81. The highest BCUT2D eigenvalue weighted by Gasteiger charge is 2.31. The number of amides is 1. The Morgan fingerprint density at radius 1 is 1.22 bits per heavy atom. The lowest BCUT2D eigenvalue weighted by molar-refractivity contribution is -0.139. The van der Waals surface area contributed by atoms with Crippen molar-refractivity contribution in [3.63, 3.8) is 0 Å². The Morgan fingerprint density at radius 2 is 1.87 bits per heavy atom. The van der Waals surface area contributed by atoms with Gasteiger partial charge in [-0.05, 0) is 54.9 Å². The van der Waals surface area contributed by atoms with Gasteiger partial charge in [-0.15, -0.1) is 0 Å². The van der Waals surface area contributed by atoms with Crippen LogP contribution in [0.3, 0.4) is 0 Å². The molecule has 0 radical (unpaired) electrons. The first-order valence-electron chi connectivity index (χ1n) is 8.61. The molecule has 23 heavy (non-hydrogen) atoms. The predicted molar refractivity (Wildman–Crippen MR) is 95.9 cm³/mol. The highest BCUT2D eigenvalue weighted by molar-refractivity contribution is 7.80. The van der Waals surface area contributed by atoms with Gasteiger partial charge in [-0.2, -0.15) is 0 Å². The summed E-state index contributed by atoms with van der Waals surface area (Å²) in [5, 5.41) is 7.73. The van der Waals surface area contributed by atoms with Gasteiger partial charge in [0.05, 0.1) is 0 Å². The van der Waals surface area contributed by atoms with Crippen LogP contribution >= 0.6 is 12.2 Å². The van der Waals surface area contributed by atoms with Crippen molar-refractivity contribution in [2.45, 2.75) is 39.0 Å². The minimum atomic E-state index is 0.209. The Balaban J connectivity index is 1.57. The van der Waals surface area contributed by atoms with Crippen LogP contribution in [0.5, 0.6) is 0 Å². The number of carbonyl (C=O) groups is 1. The van der Waals surface area contributed by atoms with Crippen molar-refractivity contribution in [2.24, 2.45) is 5.92 Å². The molecule has 0 unspecified atom stereocenters. The van der Waals surface area contributed by atoms with Gasteiger partial charge < -0.3 is 5.32 Å². The van der Waals surface area contributed by atoms with Crippen molar-refractivity contribution in [3.05, 3.63) is 35.4 Å². The minimum absolute atomic E-state index is 0.209. The number of hydrazine groups is 1. The number of fused-ring (bicyclic) bond motifs is 1. The first kappa shape index (κ1) is 16.2. The molecular formula is C18H25N3OS. The van der Waals surface area contributed by atoms with E-state index in [-0.39, 0.29) is 5.91 Å². The molecule has 2 aliphatic rings. The lowest BCUT2D eigenvalue weighted by Crippen LogP contribution is -2.49. The van der Waals surface area contributed by atoms with Crippen LogP contribution < -0.4 is 5.32 Å². The predicted octanol–water partition coefficient (Wildman–Crippen LogP) is 2.53. The van der Waals surface area contributed by atoms with Gasteiger partial charge in [0.2, 0.25) is 5.91 Å². The molecule has 1 heterocycles. The van der Waals surface area contributed by atoms with Crippen molar-refractivity contribution >= 4 is 23.2 Å². The fourth-order valence-electron chi connectivity index (χ4n) is 3.55. The molecule has 0 spiro atoms. The maximum atomic E-state index is 12.7. The first-order chi connectivity index (χ1) is 11.2. The van der Waals surface area contributed by atoms with Crippen molar-refractivity contribution < 1.29 is 4.79 Å². The largest absolute Gasteiger partial charge is 0.361 e. The fourth-order valence-corrected chi connectivity index (χ4v) is 3.84. The van der Waals surface area contributed by atoms with Gasteiger partial charge in [-0.3, -0.25) is 14.8 Å². The van der Waals surface area contributed by atoms with Crippen LogP contribution in [0.25, 0.3) is 0 Å². The molecule has 1 aromatic carbocycles. The molecule has 1 aromatic rings. The van der Waals surface area contributed by atoms with E-state index in [1.807, 2.05) is 10.0 Å². The molecule has 5 heteroatoms. The molecule has 4 nitrogen and oxygen atoms in total. The zero-order chi connectivity index (χ0) is 16.2. The summed E-state index contributed by atoms with van der Waals surface area (Å²) in [6.45, 7) is 4.59.